The van der Waals surface area contributed by atoms with E-state index in [1.54, 1.807) is 17.7 Å². The summed E-state index contributed by atoms with van der Waals surface area (Å²) in [5.41, 5.74) is 0.661. The standard InChI is InChI=1S/C22H23ClN4OS/c23-17-5-3-4-16(14-17)22(7-1-2-8-22)21(28)27-11-9-26(10-12-27)19-18-6-13-29-20(18)25-15-24-19/h3-6,13-15H,1-2,7-12H2. The number of piperazine rings is 1. The fraction of sp³-hybridized carbons (Fsp3) is 0.409. The summed E-state index contributed by atoms with van der Waals surface area (Å²) in [5.74, 6) is 1.24. The second-order valence-corrected chi connectivity index (χ2v) is 9.25. The smallest absolute Gasteiger partial charge is 0.233 e. The lowest BCUT2D eigenvalue weighted by molar-refractivity contribution is -0.137. The van der Waals surface area contributed by atoms with Crippen molar-refractivity contribution in [3.63, 3.8) is 0 Å². The number of halogens is 1. The van der Waals surface area contributed by atoms with E-state index in [1.165, 1.54) is 0 Å². The molecule has 0 atom stereocenters. The Morgan fingerprint density at radius 3 is 2.62 bits per heavy atom. The molecule has 1 aliphatic carbocycles. The van der Waals surface area contributed by atoms with Gasteiger partial charge in [0.15, 0.2) is 0 Å². The normalized spacial score (nSPS) is 19.1. The van der Waals surface area contributed by atoms with E-state index < -0.39 is 5.41 Å². The number of anilines is 1. The molecular formula is C22H23ClN4OS. The highest BCUT2D eigenvalue weighted by Crippen LogP contribution is 2.43. The van der Waals surface area contributed by atoms with Crippen LogP contribution < -0.4 is 4.90 Å². The first-order valence-corrected chi connectivity index (χ1v) is 11.4. The van der Waals surface area contributed by atoms with Gasteiger partial charge in [0, 0.05) is 31.2 Å². The van der Waals surface area contributed by atoms with E-state index in [0.717, 1.165) is 73.5 Å². The summed E-state index contributed by atoms with van der Waals surface area (Å²) in [6.07, 6.45) is 5.64. The number of hydrogen-bond acceptors (Lipinski definition) is 5. The molecule has 1 saturated carbocycles. The zero-order valence-corrected chi connectivity index (χ0v) is 17.8. The van der Waals surface area contributed by atoms with E-state index in [-0.39, 0.29) is 5.91 Å². The number of aromatic nitrogens is 2. The maximum absolute atomic E-state index is 13.7. The van der Waals surface area contributed by atoms with Crippen LogP contribution >= 0.6 is 22.9 Å². The summed E-state index contributed by atoms with van der Waals surface area (Å²) in [7, 11) is 0. The molecule has 2 aliphatic rings. The van der Waals surface area contributed by atoms with Crippen LogP contribution in [0.25, 0.3) is 10.2 Å². The van der Waals surface area contributed by atoms with Gasteiger partial charge in [-0.25, -0.2) is 9.97 Å². The highest BCUT2D eigenvalue weighted by molar-refractivity contribution is 7.16. The number of carbonyl (C=O) groups excluding carboxylic acids is 1. The van der Waals surface area contributed by atoms with Crippen LogP contribution in [0.1, 0.15) is 31.2 Å². The third-order valence-corrected chi connectivity index (χ3v) is 7.41. The Kier molecular flexibility index (Phi) is 4.92. The van der Waals surface area contributed by atoms with Crippen molar-refractivity contribution in [3.05, 3.63) is 52.6 Å². The Hall–Kier alpha value is -2.18. The van der Waals surface area contributed by atoms with E-state index in [0.29, 0.717) is 5.02 Å². The largest absolute Gasteiger partial charge is 0.352 e. The second-order valence-electron chi connectivity index (χ2n) is 7.92. The van der Waals surface area contributed by atoms with E-state index >= 15 is 0 Å². The third kappa shape index (κ3) is 3.28. The Morgan fingerprint density at radius 1 is 1.07 bits per heavy atom. The van der Waals surface area contributed by atoms with Crippen LogP contribution in [0.3, 0.4) is 0 Å². The number of thiophene rings is 1. The van der Waals surface area contributed by atoms with Crippen LogP contribution in [-0.2, 0) is 10.2 Å². The number of carbonyl (C=O) groups is 1. The lowest BCUT2D eigenvalue weighted by Crippen LogP contribution is -2.54. The summed E-state index contributed by atoms with van der Waals surface area (Å²) in [4.78, 5) is 27.9. The number of amides is 1. The van der Waals surface area contributed by atoms with Crippen molar-refractivity contribution in [1.82, 2.24) is 14.9 Å². The number of fused-ring (bicyclic) bond motifs is 1. The van der Waals surface area contributed by atoms with Crippen molar-refractivity contribution in [2.75, 3.05) is 31.1 Å². The molecule has 1 saturated heterocycles. The highest BCUT2D eigenvalue weighted by atomic mass is 35.5. The van der Waals surface area contributed by atoms with Crippen molar-refractivity contribution >= 4 is 44.9 Å². The van der Waals surface area contributed by atoms with Gasteiger partial charge < -0.3 is 9.80 Å². The minimum absolute atomic E-state index is 0.264. The van der Waals surface area contributed by atoms with Crippen LogP contribution in [-0.4, -0.2) is 47.0 Å². The van der Waals surface area contributed by atoms with Gasteiger partial charge in [-0.2, -0.15) is 0 Å². The molecule has 0 N–H and O–H groups in total. The number of nitrogens with zero attached hydrogens (tertiary/aromatic N) is 4. The predicted molar refractivity (Wildman–Crippen MR) is 118 cm³/mol. The summed E-state index contributed by atoms with van der Waals surface area (Å²) in [5, 5.41) is 3.86. The van der Waals surface area contributed by atoms with Crippen LogP contribution in [0, 0.1) is 0 Å². The number of benzene rings is 1. The zero-order valence-electron chi connectivity index (χ0n) is 16.2. The maximum Gasteiger partial charge on any atom is 0.233 e. The SMILES string of the molecule is O=C(N1CCN(c2ncnc3sccc23)CC1)C1(c2cccc(Cl)c2)CCCC1. The molecule has 3 heterocycles. The summed E-state index contributed by atoms with van der Waals surface area (Å²) < 4.78 is 0. The molecule has 1 amide bonds. The Morgan fingerprint density at radius 2 is 1.86 bits per heavy atom. The molecule has 0 radical (unpaired) electrons. The molecule has 0 unspecified atom stereocenters. The average Bonchev–Trinajstić information content (AvgIpc) is 3.43. The molecule has 7 heteroatoms. The van der Waals surface area contributed by atoms with Gasteiger partial charge in [-0.1, -0.05) is 36.6 Å². The first-order chi connectivity index (χ1) is 14.2. The second kappa shape index (κ2) is 7.58. The molecular weight excluding hydrogens is 404 g/mol. The van der Waals surface area contributed by atoms with E-state index in [9.17, 15) is 4.79 Å². The van der Waals surface area contributed by atoms with Gasteiger partial charge in [-0.3, -0.25) is 4.79 Å². The minimum atomic E-state index is -0.414. The van der Waals surface area contributed by atoms with Crippen molar-refractivity contribution < 1.29 is 4.79 Å². The van der Waals surface area contributed by atoms with Gasteiger partial charge in [0.1, 0.15) is 17.0 Å². The van der Waals surface area contributed by atoms with Crippen molar-refractivity contribution in [2.24, 2.45) is 0 Å². The van der Waals surface area contributed by atoms with Crippen molar-refractivity contribution in [1.29, 1.82) is 0 Å². The predicted octanol–water partition coefficient (Wildman–Crippen LogP) is 4.51. The average molecular weight is 427 g/mol. The lowest BCUT2D eigenvalue weighted by Gasteiger charge is -2.40. The third-order valence-electron chi connectivity index (χ3n) is 6.35. The molecule has 29 heavy (non-hydrogen) atoms. The van der Waals surface area contributed by atoms with Crippen LogP contribution in [0.2, 0.25) is 5.02 Å². The molecule has 1 aliphatic heterocycles. The fourth-order valence-corrected chi connectivity index (χ4v) is 5.76. The highest BCUT2D eigenvalue weighted by Gasteiger charge is 2.45. The molecule has 2 fully saturated rings. The molecule has 150 valence electrons. The summed E-state index contributed by atoms with van der Waals surface area (Å²) in [6, 6.07) is 9.97. The molecule has 0 bridgehead atoms. The van der Waals surface area contributed by atoms with Crippen LogP contribution in [0.4, 0.5) is 5.82 Å². The molecule has 5 rings (SSSR count). The van der Waals surface area contributed by atoms with Crippen molar-refractivity contribution in [2.45, 2.75) is 31.1 Å². The van der Waals surface area contributed by atoms with Crippen molar-refractivity contribution in [3.8, 4) is 0 Å². The lowest BCUT2D eigenvalue weighted by atomic mass is 9.77. The Balaban J connectivity index is 1.36. The monoisotopic (exact) mass is 426 g/mol. The fourth-order valence-electron chi connectivity index (χ4n) is 4.84. The quantitative estimate of drug-likeness (QED) is 0.618. The van der Waals surface area contributed by atoms with Gasteiger partial charge in [0.05, 0.1) is 10.8 Å². The number of hydrogen-bond donors (Lipinski definition) is 0. The van der Waals surface area contributed by atoms with Crippen LogP contribution in [0.15, 0.2) is 42.0 Å². The first kappa shape index (κ1) is 18.8. The Bertz CT molecular complexity index is 1040. The maximum atomic E-state index is 13.7. The molecule has 0 spiro atoms. The molecule has 2 aromatic heterocycles. The van der Waals surface area contributed by atoms with Gasteiger partial charge >= 0.3 is 0 Å². The molecule has 1 aromatic carbocycles. The van der Waals surface area contributed by atoms with E-state index in [2.05, 4.69) is 37.3 Å². The zero-order chi connectivity index (χ0) is 19.8. The topological polar surface area (TPSA) is 49.3 Å². The summed E-state index contributed by atoms with van der Waals surface area (Å²) in [6.45, 7) is 3.02. The first-order valence-electron chi connectivity index (χ1n) is 10.2. The number of rotatable bonds is 3. The van der Waals surface area contributed by atoms with E-state index in [1.807, 2.05) is 18.2 Å². The van der Waals surface area contributed by atoms with Gasteiger partial charge in [-0.05, 0) is 42.0 Å². The van der Waals surface area contributed by atoms with Gasteiger partial charge in [0.2, 0.25) is 5.91 Å². The van der Waals surface area contributed by atoms with Crippen LogP contribution in [0.5, 0.6) is 0 Å². The molecule has 3 aromatic rings. The molecule has 5 nitrogen and oxygen atoms in total. The minimum Gasteiger partial charge on any atom is -0.352 e. The van der Waals surface area contributed by atoms with E-state index in [4.69, 9.17) is 11.6 Å². The van der Waals surface area contributed by atoms with Gasteiger partial charge in [0.25, 0.3) is 0 Å². The summed E-state index contributed by atoms with van der Waals surface area (Å²) >= 11 is 7.89. The Labute approximate surface area is 179 Å². The van der Waals surface area contributed by atoms with Gasteiger partial charge in [-0.15, -0.1) is 11.3 Å².